The summed E-state index contributed by atoms with van der Waals surface area (Å²) in [6.07, 6.45) is 6.41. The summed E-state index contributed by atoms with van der Waals surface area (Å²) in [5.74, 6) is 0.133. The highest BCUT2D eigenvalue weighted by atomic mass is 16.3. The van der Waals surface area contributed by atoms with Crippen LogP contribution in [0.5, 0.6) is 0 Å². The highest BCUT2D eigenvalue weighted by molar-refractivity contribution is 5.07. The second-order valence-corrected chi connectivity index (χ2v) is 5.80. The molecule has 0 aromatic heterocycles. The lowest BCUT2D eigenvalue weighted by Gasteiger charge is -2.46. The van der Waals surface area contributed by atoms with Gasteiger partial charge < -0.3 is 10.2 Å². The van der Waals surface area contributed by atoms with E-state index < -0.39 is 11.7 Å². The van der Waals surface area contributed by atoms with E-state index in [4.69, 9.17) is 0 Å². The fourth-order valence-corrected chi connectivity index (χ4v) is 2.79. The number of hydrogen-bond acceptors (Lipinski definition) is 2. The van der Waals surface area contributed by atoms with Crippen molar-refractivity contribution < 1.29 is 10.2 Å². The quantitative estimate of drug-likeness (QED) is 0.690. The van der Waals surface area contributed by atoms with Gasteiger partial charge in [-0.25, -0.2) is 0 Å². The van der Waals surface area contributed by atoms with E-state index in [2.05, 4.69) is 13.8 Å². The number of aliphatic hydroxyl groups is 2. The van der Waals surface area contributed by atoms with E-state index in [0.717, 1.165) is 19.3 Å². The Balaban J connectivity index is 2.86. The lowest BCUT2D eigenvalue weighted by atomic mass is 9.62. The lowest BCUT2D eigenvalue weighted by Crippen LogP contribution is -2.46. The van der Waals surface area contributed by atoms with Gasteiger partial charge in [-0.2, -0.15) is 0 Å². The van der Waals surface area contributed by atoms with Gasteiger partial charge in [-0.3, -0.25) is 0 Å². The Hall–Kier alpha value is -0.340. The Morgan fingerprint density at radius 3 is 2.33 bits per heavy atom. The smallest absolute Gasteiger partial charge is 0.0692 e. The van der Waals surface area contributed by atoms with Crippen molar-refractivity contribution in [1.82, 2.24) is 0 Å². The Kier molecular flexibility index (Phi) is 3.62. The molecule has 3 unspecified atom stereocenters. The van der Waals surface area contributed by atoms with Crippen LogP contribution in [0.3, 0.4) is 0 Å². The summed E-state index contributed by atoms with van der Waals surface area (Å²) in [6, 6.07) is 0. The molecule has 0 aromatic carbocycles. The number of rotatable bonds is 2. The molecule has 0 radical (unpaired) electrons. The van der Waals surface area contributed by atoms with Gasteiger partial charge in [-0.1, -0.05) is 32.4 Å². The van der Waals surface area contributed by atoms with Crippen LogP contribution in [0.25, 0.3) is 0 Å². The summed E-state index contributed by atoms with van der Waals surface area (Å²) in [5.41, 5.74) is -0.514. The standard InChI is InChI=1S/C13H24O2/c1-10(14)6-7-11-12(2,3)8-5-9-13(11,4)15/h6-7,10-11,14-15H,5,8-9H2,1-4H3/b7-6+. The molecule has 0 aromatic rings. The van der Waals surface area contributed by atoms with Crippen molar-refractivity contribution in [3.63, 3.8) is 0 Å². The summed E-state index contributed by atoms with van der Waals surface area (Å²) in [7, 11) is 0. The molecule has 88 valence electrons. The first-order valence-corrected chi connectivity index (χ1v) is 5.84. The highest BCUT2D eigenvalue weighted by Crippen LogP contribution is 2.46. The minimum Gasteiger partial charge on any atom is -0.390 e. The van der Waals surface area contributed by atoms with Gasteiger partial charge in [-0.15, -0.1) is 0 Å². The zero-order valence-corrected chi connectivity index (χ0v) is 10.3. The predicted octanol–water partition coefficient (Wildman–Crippen LogP) is 2.50. The highest BCUT2D eigenvalue weighted by Gasteiger charge is 2.43. The average Bonchev–Trinajstić information content (AvgIpc) is 1.99. The van der Waals surface area contributed by atoms with Gasteiger partial charge in [0.15, 0.2) is 0 Å². The number of aliphatic hydroxyl groups excluding tert-OH is 1. The minimum atomic E-state index is -0.632. The topological polar surface area (TPSA) is 40.5 Å². The minimum absolute atomic E-state index is 0.118. The van der Waals surface area contributed by atoms with Crippen molar-refractivity contribution in [3.05, 3.63) is 12.2 Å². The van der Waals surface area contributed by atoms with E-state index in [1.165, 1.54) is 0 Å². The summed E-state index contributed by atoms with van der Waals surface area (Å²) < 4.78 is 0. The molecule has 3 atom stereocenters. The Bertz CT molecular complexity index is 223. The molecule has 0 amide bonds. The molecule has 0 aliphatic heterocycles. The maximum Gasteiger partial charge on any atom is 0.0692 e. The van der Waals surface area contributed by atoms with Crippen LogP contribution >= 0.6 is 0 Å². The van der Waals surface area contributed by atoms with E-state index in [1.54, 1.807) is 13.0 Å². The van der Waals surface area contributed by atoms with Crippen LogP contribution in [-0.2, 0) is 0 Å². The molecule has 1 rings (SSSR count). The Morgan fingerprint density at radius 1 is 1.27 bits per heavy atom. The van der Waals surface area contributed by atoms with E-state index in [0.29, 0.717) is 0 Å². The van der Waals surface area contributed by atoms with Crippen molar-refractivity contribution >= 4 is 0 Å². The van der Waals surface area contributed by atoms with Crippen LogP contribution in [0.2, 0.25) is 0 Å². The van der Waals surface area contributed by atoms with E-state index in [-0.39, 0.29) is 11.3 Å². The maximum atomic E-state index is 10.3. The SMILES string of the molecule is CC(O)/C=C/C1C(C)(C)CCCC1(C)O. The second-order valence-electron chi connectivity index (χ2n) is 5.80. The van der Waals surface area contributed by atoms with E-state index in [9.17, 15) is 10.2 Å². The maximum absolute atomic E-state index is 10.3. The molecule has 0 heterocycles. The van der Waals surface area contributed by atoms with E-state index in [1.807, 2.05) is 13.0 Å². The summed E-state index contributed by atoms with van der Waals surface area (Å²) >= 11 is 0. The molecular weight excluding hydrogens is 188 g/mol. The molecule has 15 heavy (non-hydrogen) atoms. The normalized spacial score (nSPS) is 38.1. The lowest BCUT2D eigenvalue weighted by molar-refractivity contribution is -0.0664. The van der Waals surface area contributed by atoms with Gasteiger partial charge in [0, 0.05) is 5.92 Å². The average molecular weight is 212 g/mol. The van der Waals surface area contributed by atoms with Gasteiger partial charge in [0.2, 0.25) is 0 Å². The monoisotopic (exact) mass is 212 g/mol. The molecule has 0 bridgehead atoms. The zero-order chi connectivity index (χ0) is 11.7. The largest absolute Gasteiger partial charge is 0.390 e. The molecule has 1 aliphatic carbocycles. The fourth-order valence-electron chi connectivity index (χ4n) is 2.79. The van der Waals surface area contributed by atoms with Crippen LogP contribution in [0.15, 0.2) is 12.2 Å². The molecule has 1 aliphatic rings. The van der Waals surface area contributed by atoms with Crippen LogP contribution in [0.1, 0.15) is 47.0 Å². The molecule has 2 heteroatoms. The van der Waals surface area contributed by atoms with Crippen molar-refractivity contribution in [1.29, 1.82) is 0 Å². The van der Waals surface area contributed by atoms with Crippen molar-refractivity contribution in [2.45, 2.75) is 58.7 Å². The third-order valence-corrected chi connectivity index (χ3v) is 3.60. The Morgan fingerprint density at radius 2 is 1.87 bits per heavy atom. The van der Waals surface area contributed by atoms with Crippen molar-refractivity contribution in [3.8, 4) is 0 Å². The third kappa shape index (κ3) is 3.05. The van der Waals surface area contributed by atoms with Crippen LogP contribution in [0.4, 0.5) is 0 Å². The van der Waals surface area contributed by atoms with Crippen molar-refractivity contribution in [2.24, 2.45) is 11.3 Å². The molecule has 2 nitrogen and oxygen atoms in total. The molecule has 0 spiro atoms. The molecule has 1 fully saturated rings. The van der Waals surface area contributed by atoms with Gasteiger partial charge >= 0.3 is 0 Å². The van der Waals surface area contributed by atoms with Gasteiger partial charge in [0.05, 0.1) is 11.7 Å². The predicted molar refractivity (Wildman–Crippen MR) is 62.6 cm³/mol. The molecular formula is C13H24O2. The summed E-state index contributed by atoms with van der Waals surface area (Å²) in [6.45, 7) is 8.03. The van der Waals surface area contributed by atoms with Crippen LogP contribution in [-0.4, -0.2) is 21.9 Å². The first kappa shape index (κ1) is 12.7. The molecule has 1 saturated carbocycles. The van der Waals surface area contributed by atoms with Gasteiger partial charge in [0.1, 0.15) is 0 Å². The fraction of sp³-hybridized carbons (Fsp3) is 0.846. The van der Waals surface area contributed by atoms with Crippen LogP contribution in [0, 0.1) is 11.3 Å². The van der Waals surface area contributed by atoms with Crippen molar-refractivity contribution in [2.75, 3.05) is 0 Å². The van der Waals surface area contributed by atoms with Gasteiger partial charge in [0.25, 0.3) is 0 Å². The van der Waals surface area contributed by atoms with E-state index >= 15 is 0 Å². The third-order valence-electron chi connectivity index (χ3n) is 3.60. The van der Waals surface area contributed by atoms with Gasteiger partial charge in [-0.05, 0) is 32.1 Å². The summed E-state index contributed by atoms with van der Waals surface area (Å²) in [5, 5.41) is 19.6. The molecule has 0 saturated heterocycles. The first-order valence-electron chi connectivity index (χ1n) is 5.84. The second kappa shape index (κ2) is 4.26. The Labute approximate surface area is 93.0 Å². The summed E-state index contributed by atoms with van der Waals surface area (Å²) in [4.78, 5) is 0. The number of hydrogen-bond donors (Lipinski definition) is 2. The van der Waals surface area contributed by atoms with Crippen LogP contribution < -0.4 is 0 Å². The first-order chi connectivity index (χ1) is 6.76. The molecule has 2 N–H and O–H groups in total. The zero-order valence-electron chi connectivity index (χ0n) is 10.3.